The topological polar surface area (TPSA) is 17.1 Å². The fraction of sp³-hybridized carbons (Fsp3) is 0.312. The Morgan fingerprint density at radius 1 is 1.11 bits per heavy atom. The molecule has 1 nitrogen and oxygen atoms in total. The van der Waals surface area contributed by atoms with Gasteiger partial charge in [-0.3, -0.25) is 4.79 Å². The van der Waals surface area contributed by atoms with Gasteiger partial charge in [-0.25, -0.2) is 0 Å². The summed E-state index contributed by atoms with van der Waals surface area (Å²) in [5.74, 6) is 0.298. The number of hydrogen-bond acceptors (Lipinski definition) is 2. The van der Waals surface area contributed by atoms with E-state index in [-0.39, 0.29) is 11.7 Å². The third-order valence-corrected chi connectivity index (χ3v) is 4.38. The normalized spacial score (nSPS) is 10.9. The Kier molecular flexibility index (Phi) is 3.67. The summed E-state index contributed by atoms with van der Waals surface area (Å²) in [6.45, 7) is 8.14. The molecule has 2 heteroatoms. The van der Waals surface area contributed by atoms with E-state index in [1.165, 1.54) is 21.6 Å². The van der Waals surface area contributed by atoms with E-state index in [9.17, 15) is 4.79 Å². The molecule has 0 aliphatic carbocycles. The number of ketones is 1. The van der Waals surface area contributed by atoms with Crippen molar-refractivity contribution in [1.82, 2.24) is 0 Å². The summed E-state index contributed by atoms with van der Waals surface area (Å²) in [5, 5.41) is 0. The van der Waals surface area contributed by atoms with Crippen LogP contribution in [0.3, 0.4) is 0 Å². The van der Waals surface area contributed by atoms with E-state index >= 15 is 0 Å². The maximum Gasteiger partial charge on any atom is 0.175 e. The molecular formula is C16H18OS. The molecule has 1 aromatic carbocycles. The third-order valence-electron chi connectivity index (χ3n) is 3.24. The van der Waals surface area contributed by atoms with Gasteiger partial charge in [0.05, 0.1) is 4.88 Å². The van der Waals surface area contributed by atoms with Crippen molar-refractivity contribution < 1.29 is 4.79 Å². The van der Waals surface area contributed by atoms with E-state index < -0.39 is 0 Å². The Morgan fingerprint density at radius 3 is 2.50 bits per heavy atom. The zero-order valence-corrected chi connectivity index (χ0v) is 12.1. The van der Waals surface area contributed by atoms with Gasteiger partial charge in [0.15, 0.2) is 5.78 Å². The van der Waals surface area contributed by atoms with Crippen LogP contribution in [0.5, 0.6) is 0 Å². The van der Waals surface area contributed by atoms with Crippen LogP contribution in [0.1, 0.15) is 34.6 Å². The largest absolute Gasteiger partial charge is 0.293 e. The van der Waals surface area contributed by atoms with E-state index in [1.807, 2.05) is 19.9 Å². The molecule has 0 atom stereocenters. The maximum absolute atomic E-state index is 12.0. The number of hydrogen-bond donors (Lipinski definition) is 0. The van der Waals surface area contributed by atoms with Crippen molar-refractivity contribution in [3.63, 3.8) is 0 Å². The molecule has 0 bridgehead atoms. The molecule has 18 heavy (non-hydrogen) atoms. The van der Waals surface area contributed by atoms with Crippen LogP contribution in [0.25, 0.3) is 10.4 Å². The maximum atomic E-state index is 12.0. The summed E-state index contributed by atoms with van der Waals surface area (Å²) < 4.78 is 0. The van der Waals surface area contributed by atoms with Gasteiger partial charge in [0.25, 0.3) is 0 Å². The number of rotatable bonds is 3. The van der Waals surface area contributed by atoms with Crippen LogP contribution in [0.4, 0.5) is 0 Å². The average molecular weight is 258 g/mol. The number of thiophene rings is 1. The average Bonchev–Trinajstić information content (AvgIpc) is 2.80. The van der Waals surface area contributed by atoms with Crippen LogP contribution in [-0.2, 0) is 0 Å². The molecule has 0 unspecified atom stereocenters. The van der Waals surface area contributed by atoms with E-state index in [2.05, 4.69) is 38.1 Å². The van der Waals surface area contributed by atoms with Crippen LogP contribution >= 0.6 is 11.3 Å². The van der Waals surface area contributed by atoms with Crippen molar-refractivity contribution in [1.29, 1.82) is 0 Å². The minimum atomic E-state index is 0.0649. The molecule has 1 heterocycles. The summed E-state index contributed by atoms with van der Waals surface area (Å²) >= 11 is 1.60. The predicted octanol–water partition coefficient (Wildman–Crippen LogP) is 4.87. The standard InChI is InChI=1S/C16H18OS/c1-10(2)16(17)15-9-8-14(18-15)13-7-5-6-11(3)12(13)4/h5-10H,1-4H3. The van der Waals surface area contributed by atoms with Crippen LogP contribution in [-0.4, -0.2) is 5.78 Å². The lowest BCUT2D eigenvalue weighted by atomic mass is 10.0. The molecule has 0 aliphatic heterocycles. The highest BCUT2D eigenvalue weighted by Crippen LogP contribution is 2.32. The Bertz CT molecular complexity index is 579. The van der Waals surface area contributed by atoms with Gasteiger partial charge in [-0.1, -0.05) is 32.0 Å². The Balaban J connectivity index is 2.41. The lowest BCUT2D eigenvalue weighted by Crippen LogP contribution is -2.04. The van der Waals surface area contributed by atoms with Gasteiger partial charge in [0.2, 0.25) is 0 Å². The Hall–Kier alpha value is -1.41. The molecule has 2 rings (SSSR count). The molecule has 94 valence electrons. The molecule has 0 radical (unpaired) electrons. The summed E-state index contributed by atoms with van der Waals surface area (Å²) in [4.78, 5) is 14.0. The molecule has 0 N–H and O–H groups in total. The first-order valence-corrected chi connectivity index (χ1v) is 7.03. The molecule has 0 aliphatic rings. The van der Waals surface area contributed by atoms with Crippen molar-refractivity contribution in [2.45, 2.75) is 27.7 Å². The van der Waals surface area contributed by atoms with Crippen LogP contribution in [0, 0.1) is 19.8 Å². The summed E-state index contributed by atoms with van der Waals surface area (Å²) in [6.07, 6.45) is 0. The van der Waals surface area contributed by atoms with E-state index in [1.54, 1.807) is 11.3 Å². The van der Waals surface area contributed by atoms with Crippen molar-refractivity contribution in [3.05, 3.63) is 46.3 Å². The van der Waals surface area contributed by atoms with E-state index in [4.69, 9.17) is 0 Å². The molecular weight excluding hydrogens is 240 g/mol. The van der Waals surface area contributed by atoms with E-state index in [0.29, 0.717) is 0 Å². The second-order valence-corrected chi connectivity index (χ2v) is 6.01. The lowest BCUT2D eigenvalue weighted by molar-refractivity contribution is 0.0943. The number of carbonyl (C=O) groups is 1. The van der Waals surface area contributed by atoms with Crippen molar-refractivity contribution in [2.24, 2.45) is 5.92 Å². The summed E-state index contributed by atoms with van der Waals surface area (Å²) in [6, 6.07) is 10.3. The highest BCUT2D eigenvalue weighted by Gasteiger charge is 2.14. The number of aryl methyl sites for hydroxylation is 1. The second-order valence-electron chi connectivity index (χ2n) is 4.93. The SMILES string of the molecule is Cc1cccc(-c2ccc(C(=O)C(C)C)s2)c1C. The minimum Gasteiger partial charge on any atom is -0.293 e. The van der Waals surface area contributed by atoms with Gasteiger partial charge >= 0.3 is 0 Å². The second kappa shape index (κ2) is 5.07. The predicted molar refractivity (Wildman–Crippen MR) is 78.4 cm³/mol. The Labute approximate surface area is 112 Å². The number of benzene rings is 1. The first-order valence-electron chi connectivity index (χ1n) is 6.21. The summed E-state index contributed by atoms with van der Waals surface area (Å²) in [5.41, 5.74) is 3.82. The first-order chi connectivity index (χ1) is 8.50. The van der Waals surface area contributed by atoms with Crippen molar-refractivity contribution in [2.75, 3.05) is 0 Å². The number of Topliss-reactive ketones (excluding diaryl/α,β-unsaturated/α-hetero) is 1. The van der Waals surface area contributed by atoms with Gasteiger partial charge in [0.1, 0.15) is 0 Å². The molecule has 2 aromatic rings. The third kappa shape index (κ3) is 2.39. The van der Waals surface area contributed by atoms with Crippen molar-refractivity contribution >= 4 is 17.1 Å². The lowest BCUT2D eigenvalue weighted by Gasteiger charge is -2.06. The highest BCUT2D eigenvalue weighted by molar-refractivity contribution is 7.17. The van der Waals surface area contributed by atoms with Gasteiger partial charge in [-0.05, 0) is 42.7 Å². The quantitative estimate of drug-likeness (QED) is 0.718. The Morgan fingerprint density at radius 2 is 1.83 bits per heavy atom. The fourth-order valence-electron chi connectivity index (χ4n) is 1.92. The van der Waals surface area contributed by atoms with Crippen LogP contribution in [0.2, 0.25) is 0 Å². The minimum absolute atomic E-state index is 0.0649. The van der Waals surface area contributed by atoms with Gasteiger partial charge in [0, 0.05) is 10.8 Å². The molecule has 0 saturated heterocycles. The zero-order chi connectivity index (χ0) is 13.3. The molecule has 0 saturated carbocycles. The smallest absolute Gasteiger partial charge is 0.175 e. The van der Waals surface area contributed by atoms with E-state index in [0.717, 1.165) is 4.88 Å². The van der Waals surface area contributed by atoms with Gasteiger partial charge in [-0.15, -0.1) is 11.3 Å². The van der Waals surface area contributed by atoms with Gasteiger partial charge in [-0.2, -0.15) is 0 Å². The van der Waals surface area contributed by atoms with Crippen LogP contribution < -0.4 is 0 Å². The first kappa shape index (κ1) is 13.0. The number of carbonyl (C=O) groups excluding carboxylic acids is 1. The molecule has 0 fully saturated rings. The molecule has 0 amide bonds. The van der Waals surface area contributed by atoms with Gasteiger partial charge < -0.3 is 0 Å². The summed E-state index contributed by atoms with van der Waals surface area (Å²) in [7, 11) is 0. The highest BCUT2D eigenvalue weighted by atomic mass is 32.1. The van der Waals surface area contributed by atoms with Crippen molar-refractivity contribution in [3.8, 4) is 10.4 Å². The van der Waals surface area contributed by atoms with Crippen LogP contribution in [0.15, 0.2) is 30.3 Å². The zero-order valence-electron chi connectivity index (χ0n) is 11.3. The fourth-order valence-corrected chi connectivity index (χ4v) is 3.09. The molecule has 1 aromatic heterocycles. The molecule has 0 spiro atoms. The monoisotopic (exact) mass is 258 g/mol.